The Morgan fingerprint density at radius 1 is 1.11 bits per heavy atom. The molecule has 8 heteroatoms. The number of thiophene rings is 2. The van der Waals surface area contributed by atoms with Gasteiger partial charge in [-0.1, -0.05) is 24.3 Å². The summed E-state index contributed by atoms with van der Waals surface area (Å²) in [7, 11) is 0. The molecule has 6 nitrogen and oxygen atoms in total. The molecule has 28 heavy (non-hydrogen) atoms. The van der Waals surface area contributed by atoms with E-state index in [0.717, 1.165) is 15.5 Å². The van der Waals surface area contributed by atoms with Crippen molar-refractivity contribution in [2.75, 3.05) is 6.61 Å². The van der Waals surface area contributed by atoms with Gasteiger partial charge < -0.3 is 9.84 Å². The Hall–Kier alpha value is -2.97. The van der Waals surface area contributed by atoms with Gasteiger partial charge in [0.1, 0.15) is 11.3 Å². The van der Waals surface area contributed by atoms with E-state index in [9.17, 15) is 14.7 Å². The van der Waals surface area contributed by atoms with E-state index in [2.05, 4.69) is 5.10 Å². The van der Waals surface area contributed by atoms with Crippen molar-refractivity contribution in [3.05, 3.63) is 74.6 Å². The molecular weight excluding hydrogens is 396 g/mol. The molecule has 142 valence electrons. The summed E-state index contributed by atoms with van der Waals surface area (Å²) in [6, 6.07) is 13.7. The van der Waals surface area contributed by atoms with Crippen LogP contribution in [0.4, 0.5) is 0 Å². The third-order valence-electron chi connectivity index (χ3n) is 4.29. The molecule has 1 aliphatic rings. The van der Waals surface area contributed by atoms with Crippen LogP contribution >= 0.6 is 22.7 Å². The zero-order valence-electron chi connectivity index (χ0n) is 14.6. The Labute approximate surface area is 169 Å². The normalized spacial score (nSPS) is 16.1. The summed E-state index contributed by atoms with van der Waals surface area (Å²) >= 11 is 3.13. The number of ether oxygens (including phenoxy) is 1. The second kappa shape index (κ2) is 7.95. The van der Waals surface area contributed by atoms with Crippen molar-refractivity contribution >= 4 is 40.3 Å². The van der Waals surface area contributed by atoms with E-state index in [-0.39, 0.29) is 17.4 Å². The fourth-order valence-electron chi connectivity index (χ4n) is 2.95. The summed E-state index contributed by atoms with van der Waals surface area (Å²) in [4.78, 5) is 27.0. The summed E-state index contributed by atoms with van der Waals surface area (Å²) in [6.07, 6.45) is 0.611. The average Bonchev–Trinajstić information content (AvgIpc) is 3.46. The van der Waals surface area contributed by atoms with E-state index in [4.69, 9.17) is 4.74 Å². The largest absolute Gasteiger partial charge is 0.507 e. The zero-order valence-corrected chi connectivity index (χ0v) is 16.3. The molecule has 0 bridgehead atoms. The third-order valence-corrected chi connectivity index (χ3v) is 6.19. The predicted octanol–water partition coefficient (Wildman–Crippen LogP) is 4.05. The lowest BCUT2D eigenvalue weighted by atomic mass is 10.1. The first-order valence-corrected chi connectivity index (χ1v) is 10.3. The molecule has 1 aliphatic heterocycles. The van der Waals surface area contributed by atoms with Crippen LogP contribution in [0.15, 0.2) is 64.4 Å². The molecule has 0 fully saturated rings. The molecule has 0 saturated heterocycles. The highest BCUT2D eigenvalue weighted by atomic mass is 32.1. The number of hydrogen-bond donors (Lipinski definition) is 1. The quantitative estimate of drug-likeness (QED) is 0.641. The standard InChI is InChI=1S/C20H16N2O4S2/c23-16-6-2-1-5-13(16)20(25)26-12-19(24)22-15(18-8-4-10-28-18)11-14(21-22)17-7-3-9-27-17/h1-10,15,23H,11-12H2/t15-/m1/s1. The van der Waals surface area contributed by atoms with Gasteiger partial charge in [-0.05, 0) is 35.0 Å². The second-order valence-electron chi connectivity index (χ2n) is 6.09. The first kappa shape index (κ1) is 18.4. The summed E-state index contributed by atoms with van der Waals surface area (Å²) in [5, 5.41) is 19.6. The SMILES string of the molecule is O=C(OCC(=O)N1N=C(c2cccs2)C[C@@H]1c1cccs1)c1ccccc1O. The van der Waals surface area contributed by atoms with E-state index in [1.165, 1.54) is 17.1 Å². The van der Waals surface area contributed by atoms with Crippen molar-refractivity contribution in [1.82, 2.24) is 5.01 Å². The minimum atomic E-state index is -0.749. The molecule has 0 unspecified atom stereocenters. The Bertz CT molecular complexity index is 1010. The van der Waals surface area contributed by atoms with Crippen LogP contribution in [0, 0.1) is 0 Å². The van der Waals surface area contributed by atoms with E-state index in [0.29, 0.717) is 6.42 Å². The molecule has 3 heterocycles. The molecule has 1 atom stereocenters. The van der Waals surface area contributed by atoms with Crippen molar-refractivity contribution in [3.63, 3.8) is 0 Å². The molecule has 1 aromatic carbocycles. The number of hydrogen-bond acceptors (Lipinski definition) is 7. The molecule has 0 saturated carbocycles. The van der Waals surface area contributed by atoms with E-state index in [1.807, 2.05) is 35.0 Å². The Morgan fingerprint density at radius 2 is 1.89 bits per heavy atom. The molecule has 0 spiro atoms. The van der Waals surface area contributed by atoms with Crippen molar-refractivity contribution in [3.8, 4) is 5.75 Å². The van der Waals surface area contributed by atoms with Crippen molar-refractivity contribution in [1.29, 1.82) is 0 Å². The molecule has 0 radical (unpaired) electrons. The van der Waals surface area contributed by atoms with Crippen LogP contribution in [0.25, 0.3) is 0 Å². The van der Waals surface area contributed by atoms with Crippen LogP contribution in [0.3, 0.4) is 0 Å². The number of esters is 1. The highest BCUT2D eigenvalue weighted by Gasteiger charge is 2.34. The molecule has 3 aromatic rings. The number of para-hydroxylation sites is 1. The maximum atomic E-state index is 12.8. The average molecular weight is 412 g/mol. The summed E-state index contributed by atoms with van der Waals surface area (Å²) in [5.74, 6) is -1.34. The van der Waals surface area contributed by atoms with Crippen LogP contribution < -0.4 is 0 Å². The van der Waals surface area contributed by atoms with E-state index < -0.39 is 18.5 Å². The molecule has 1 amide bonds. The van der Waals surface area contributed by atoms with Gasteiger partial charge in [-0.15, -0.1) is 22.7 Å². The predicted molar refractivity (Wildman–Crippen MR) is 108 cm³/mol. The fraction of sp³-hybridized carbons (Fsp3) is 0.150. The first-order valence-electron chi connectivity index (χ1n) is 8.55. The highest BCUT2D eigenvalue weighted by Crippen LogP contribution is 2.35. The molecule has 4 rings (SSSR count). The van der Waals surface area contributed by atoms with Crippen LogP contribution in [-0.2, 0) is 9.53 Å². The van der Waals surface area contributed by atoms with Gasteiger partial charge in [-0.25, -0.2) is 9.80 Å². The first-order chi connectivity index (χ1) is 13.6. The lowest BCUT2D eigenvalue weighted by Crippen LogP contribution is -2.31. The summed E-state index contributed by atoms with van der Waals surface area (Å²) < 4.78 is 5.12. The lowest BCUT2D eigenvalue weighted by Gasteiger charge is -2.20. The van der Waals surface area contributed by atoms with Crippen molar-refractivity contribution < 1.29 is 19.4 Å². The zero-order chi connectivity index (χ0) is 19.5. The van der Waals surface area contributed by atoms with Gasteiger partial charge in [0.15, 0.2) is 6.61 Å². The number of rotatable bonds is 5. The number of carbonyl (C=O) groups excluding carboxylic acids is 2. The van der Waals surface area contributed by atoms with Gasteiger partial charge in [-0.3, -0.25) is 4.79 Å². The second-order valence-corrected chi connectivity index (χ2v) is 8.02. The van der Waals surface area contributed by atoms with Crippen LogP contribution in [-0.4, -0.2) is 34.3 Å². The number of benzene rings is 1. The summed E-state index contributed by atoms with van der Waals surface area (Å²) in [5.41, 5.74) is 0.864. The minimum Gasteiger partial charge on any atom is -0.507 e. The van der Waals surface area contributed by atoms with Gasteiger partial charge in [-0.2, -0.15) is 5.10 Å². The van der Waals surface area contributed by atoms with Gasteiger partial charge in [0.2, 0.25) is 0 Å². The number of phenolic OH excluding ortho intramolecular Hbond substituents is 1. The smallest absolute Gasteiger partial charge is 0.342 e. The van der Waals surface area contributed by atoms with Crippen LogP contribution in [0.2, 0.25) is 0 Å². The third kappa shape index (κ3) is 3.69. The highest BCUT2D eigenvalue weighted by molar-refractivity contribution is 7.12. The van der Waals surface area contributed by atoms with Gasteiger partial charge >= 0.3 is 5.97 Å². The lowest BCUT2D eigenvalue weighted by molar-refractivity contribution is -0.136. The van der Waals surface area contributed by atoms with Crippen LogP contribution in [0.5, 0.6) is 5.75 Å². The van der Waals surface area contributed by atoms with Gasteiger partial charge in [0, 0.05) is 11.3 Å². The Balaban J connectivity index is 1.50. The summed E-state index contributed by atoms with van der Waals surface area (Å²) in [6.45, 7) is -0.448. The Kier molecular flexibility index (Phi) is 5.23. The Morgan fingerprint density at radius 3 is 2.61 bits per heavy atom. The van der Waals surface area contributed by atoms with E-state index in [1.54, 1.807) is 34.8 Å². The molecule has 1 N–H and O–H groups in total. The van der Waals surface area contributed by atoms with Gasteiger partial charge in [0.25, 0.3) is 5.91 Å². The number of hydrazone groups is 1. The van der Waals surface area contributed by atoms with Crippen molar-refractivity contribution in [2.45, 2.75) is 12.5 Å². The van der Waals surface area contributed by atoms with Crippen molar-refractivity contribution in [2.24, 2.45) is 5.10 Å². The van der Waals surface area contributed by atoms with E-state index >= 15 is 0 Å². The number of nitrogens with zero attached hydrogens (tertiary/aromatic N) is 2. The monoisotopic (exact) mass is 412 g/mol. The minimum absolute atomic E-state index is 0.0225. The number of amides is 1. The topological polar surface area (TPSA) is 79.2 Å². The molecular formula is C20H16N2O4S2. The van der Waals surface area contributed by atoms with Crippen LogP contribution in [0.1, 0.15) is 32.6 Å². The van der Waals surface area contributed by atoms with Gasteiger partial charge in [0.05, 0.1) is 16.6 Å². The maximum Gasteiger partial charge on any atom is 0.342 e. The number of phenols is 1. The number of aromatic hydroxyl groups is 1. The number of carbonyl (C=O) groups is 2. The fourth-order valence-corrected chi connectivity index (χ4v) is 4.48. The molecule has 2 aromatic heterocycles. The molecule has 0 aliphatic carbocycles. The maximum absolute atomic E-state index is 12.8.